The number of benzene rings is 1. The smallest absolute Gasteiger partial charge is 0.144 e. The van der Waals surface area contributed by atoms with Gasteiger partial charge in [-0.05, 0) is 50.5 Å². The van der Waals surface area contributed by atoms with Gasteiger partial charge in [-0.25, -0.2) is 4.98 Å². The highest BCUT2D eigenvalue weighted by Crippen LogP contribution is 2.36. The average molecular weight is 280 g/mol. The first-order chi connectivity index (χ1) is 7.43. The van der Waals surface area contributed by atoms with Crippen LogP contribution in [0.4, 0.5) is 0 Å². The zero-order valence-electron chi connectivity index (χ0n) is 9.85. The second-order valence-electron chi connectivity index (χ2n) is 4.19. The van der Waals surface area contributed by atoms with E-state index in [-0.39, 0.29) is 5.75 Å². The van der Waals surface area contributed by atoms with Gasteiger partial charge < -0.3 is 5.11 Å². The number of nitrogens with zero attached hydrogens (tertiary/aromatic N) is 1. The maximum Gasteiger partial charge on any atom is 0.144 e. The van der Waals surface area contributed by atoms with Gasteiger partial charge >= 0.3 is 0 Å². The summed E-state index contributed by atoms with van der Waals surface area (Å²) in [6, 6.07) is 1.93. The molecule has 0 saturated carbocycles. The maximum absolute atomic E-state index is 10.0. The van der Waals surface area contributed by atoms with E-state index in [1.54, 1.807) is 0 Å². The van der Waals surface area contributed by atoms with Crippen LogP contribution in [0.2, 0.25) is 0 Å². The third-order valence-corrected chi connectivity index (χ3v) is 3.80. The lowest BCUT2D eigenvalue weighted by Gasteiger charge is -2.12. The molecule has 1 heterocycles. The molecule has 0 atom stereocenters. The first-order valence-corrected chi connectivity index (χ1v) is 5.98. The van der Waals surface area contributed by atoms with Crippen LogP contribution in [0.5, 0.6) is 5.75 Å². The number of rotatable bonds is 0. The van der Waals surface area contributed by atoms with E-state index < -0.39 is 0 Å². The SMILES string of the molecule is Cc1cc(Br)c2c(C)c(C)c(C)nc2c1O. The molecule has 0 spiro atoms. The molecule has 0 aliphatic rings. The minimum absolute atomic E-state index is 0.282. The van der Waals surface area contributed by atoms with Crippen LogP contribution >= 0.6 is 15.9 Å². The van der Waals surface area contributed by atoms with Gasteiger partial charge in [0.1, 0.15) is 11.3 Å². The van der Waals surface area contributed by atoms with Gasteiger partial charge in [0.2, 0.25) is 0 Å². The summed E-state index contributed by atoms with van der Waals surface area (Å²) in [6.07, 6.45) is 0. The van der Waals surface area contributed by atoms with Gasteiger partial charge in [-0.2, -0.15) is 0 Å². The third-order valence-electron chi connectivity index (χ3n) is 3.18. The molecule has 2 nitrogen and oxygen atoms in total. The van der Waals surface area contributed by atoms with Crippen LogP contribution in [-0.2, 0) is 0 Å². The Bertz CT molecular complexity index is 590. The lowest BCUT2D eigenvalue weighted by Crippen LogP contribution is -1.95. The number of hydrogen-bond acceptors (Lipinski definition) is 2. The Balaban J connectivity index is 3.07. The maximum atomic E-state index is 10.0. The molecule has 1 aromatic heterocycles. The highest BCUT2D eigenvalue weighted by atomic mass is 79.9. The number of fused-ring (bicyclic) bond motifs is 1. The fourth-order valence-electron chi connectivity index (χ4n) is 1.92. The zero-order chi connectivity index (χ0) is 12.0. The fourth-order valence-corrected chi connectivity index (χ4v) is 2.75. The van der Waals surface area contributed by atoms with E-state index in [9.17, 15) is 5.11 Å². The van der Waals surface area contributed by atoms with Crippen molar-refractivity contribution in [3.8, 4) is 5.75 Å². The standard InChI is InChI=1S/C13H14BrNO/c1-6-5-10(14)11-8(3)7(2)9(4)15-12(11)13(6)16/h5,16H,1-4H3. The topological polar surface area (TPSA) is 33.1 Å². The molecule has 0 radical (unpaired) electrons. The van der Waals surface area contributed by atoms with Crippen LogP contribution in [-0.4, -0.2) is 10.1 Å². The highest BCUT2D eigenvalue weighted by Gasteiger charge is 2.13. The molecular formula is C13H14BrNO. The molecule has 3 heteroatoms. The van der Waals surface area contributed by atoms with Crippen molar-refractivity contribution in [3.05, 3.63) is 32.9 Å². The van der Waals surface area contributed by atoms with Crippen molar-refractivity contribution in [1.82, 2.24) is 4.98 Å². The van der Waals surface area contributed by atoms with Crippen molar-refractivity contribution >= 4 is 26.8 Å². The average Bonchev–Trinajstić information content (AvgIpc) is 2.22. The second-order valence-corrected chi connectivity index (χ2v) is 5.05. The van der Waals surface area contributed by atoms with Crippen LogP contribution < -0.4 is 0 Å². The Morgan fingerprint density at radius 2 is 1.75 bits per heavy atom. The Hall–Kier alpha value is -1.09. The summed E-state index contributed by atoms with van der Waals surface area (Å²) >= 11 is 3.54. The molecule has 0 saturated heterocycles. The number of aryl methyl sites for hydroxylation is 3. The first-order valence-electron chi connectivity index (χ1n) is 5.19. The summed E-state index contributed by atoms with van der Waals surface area (Å²) in [5.74, 6) is 0.282. The van der Waals surface area contributed by atoms with Crippen molar-refractivity contribution in [2.45, 2.75) is 27.7 Å². The predicted octanol–water partition coefficient (Wildman–Crippen LogP) is 3.94. The van der Waals surface area contributed by atoms with E-state index in [0.29, 0.717) is 5.52 Å². The van der Waals surface area contributed by atoms with Crippen molar-refractivity contribution in [2.75, 3.05) is 0 Å². The molecule has 0 fully saturated rings. The summed E-state index contributed by atoms with van der Waals surface area (Å²) in [4.78, 5) is 4.48. The highest BCUT2D eigenvalue weighted by molar-refractivity contribution is 9.10. The van der Waals surface area contributed by atoms with E-state index in [2.05, 4.69) is 34.8 Å². The number of phenols is 1. The van der Waals surface area contributed by atoms with Crippen LogP contribution in [0.1, 0.15) is 22.4 Å². The van der Waals surface area contributed by atoms with Gasteiger partial charge in [-0.3, -0.25) is 0 Å². The summed E-state index contributed by atoms with van der Waals surface area (Å²) in [7, 11) is 0. The second kappa shape index (κ2) is 3.74. The number of aromatic nitrogens is 1. The molecule has 0 aliphatic carbocycles. The molecule has 1 N–H and O–H groups in total. The molecule has 1 aromatic carbocycles. The number of phenolic OH excluding ortho intramolecular Hbond substituents is 1. The van der Waals surface area contributed by atoms with Gasteiger partial charge in [0.25, 0.3) is 0 Å². The van der Waals surface area contributed by atoms with Crippen LogP contribution in [0.15, 0.2) is 10.5 Å². The molecular weight excluding hydrogens is 266 g/mol. The summed E-state index contributed by atoms with van der Waals surface area (Å²) in [6.45, 7) is 7.97. The van der Waals surface area contributed by atoms with Crippen LogP contribution in [0.25, 0.3) is 10.9 Å². The van der Waals surface area contributed by atoms with Crippen molar-refractivity contribution in [3.63, 3.8) is 0 Å². The van der Waals surface area contributed by atoms with Crippen LogP contribution in [0, 0.1) is 27.7 Å². The first kappa shape index (κ1) is 11.4. The monoisotopic (exact) mass is 279 g/mol. The van der Waals surface area contributed by atoms with E-state index >= 15 is 0 Å². The Morgan fingerprint density at radius 3 is 2.38 bits per heavy atom. The van der Waals surface area contributed by atoms with Gasteiger partial charge in [-0.15, -0.1) is 0 Å². The minimum Gasteiger partial charge on any atom is -0.505 e. The summed E-state index contributed by atoms with van der Waals surface area (Å²) in [5, 5.41) is 11.0. The van der Waals surface area contributed by atoms with Gasteiger partial charge in [-0.1, -0.05) is 15.9 Å². The summed E-state index contributed by atoms with van der Waals surface area (Å²) in [5.41, 5.74) is 4.85. The normalized spacial score (nSPS) is 11.1. The Kier molecular flexibility index (Phi) is 2.66. The Morgan fingerprint density at radius 1 is 1.12 bits per heavy atom. The third kappa shape index (κ3) is 1.50. The minimum atomic E-state index is 0.282. The van der Waals surface area contributed by atoms with Crippen molar-refractivity contribution in [1.29, 1.82) is 0 Å². The predicted molar refractivity (Wildman–Crippen MR) is 70.1 cm³/mol. The quantitative estimate of drug-likeness (QED) is 0.793. The van der Waals surface area contributed by atoms with E-state index in [1.807, 2.05) is 19.9 Å². The van der Waals surface area contributed by atoms with Gasteiger partial charge in [0.05, 0.1) is 0 Å². The number of aromatic hydroxyl groups is 1. The van der Waals surface area contributed by atoms with Gasteiger partial charge in [0.15, 0.2) is 0 Å². The molecule has 84 valence electrons. The van der Waals surface area contributed by atoms with Crippen LogP contribution in [0.3, 0.4) is 0 Å². The summed E-state index contributed by atoms with van der Waals surface area (Å²) < 4.78 is 0.992. The lowest BCUT2D eigenvalue weighted by molar-refractivity contribution is 0.476. The van der Waals surface area contributed by atoms with E-state index in [0.717, 1.165) is 21.1 Å². The van der Waals surface area contributed by atoms with Crippen molar-refractivity contribution < 1.29 is 5.11 Å². The number of halogens is 1. The number of hydrogen-bond donors (Lipinski definition) is 1. The van der Waals surface area contributed by atoms with Gasteiger partial charge in [0, 0.05) is 15.6 Å². The number of pyridine rings is 1. The largest absolute Gasteiger partial charge is 0.505 e. The fraction of sp³-hybridized carbons (Fsp3) is 0.308. The van der Waals surface area contributed by atoms with E-state index in [1.165, 1.54) is 11.1 Å². The Labute approximate surface area is 103 Å². The van der Waals surface area contributed by atoms with E-state index in [4.69, 9.17) is 0 Å². The molecule has 0 amide bonds. The molecule has 0 aliphatic heterocycles. The molecule has 0 unspecified atom stereocenters. The lowest BCUT2D eigenvalue weighted by atomic mass is 10.0. The molecule has 2 rings (SSSR count). The molecule has 2 aromatic rings. The van der Waals surface area contributed by atoms with Crippen molar-refractivity contribution in [2.24, 2.45) is 0 Å². The molecule has 16 heavy (non-hydrogen) atoms. The molecule has 0 bridgehead atoms. The zero-order valence-corrected chi connectivity index (χ0v) is 11.4.